The fourth-order valence-corrected chi connectivity index (χ4v) is 1.41. The molecule has 3 unspecified atom stereocenters. The molecule has 0 aromatic carbocycles. The van der Waals surface area contributed by atoms with Gasteiger partial charge in [0.05, 0.1) is 6.04 Å². The smallest absolute Gasteiger partial charge is 0.0660 e. The molecular formula is C12H23N. The highest BCUT2D eigenvalue weighted by Gasteiger charge is 2.11. The number of nitrogens with one attached hydrogen (secondary N) is 1. The van der Waals surface area contributed by atoms with Crippen molar-refractivity contribution < 1.29 is 0 Å². The minimum atomic E-state index is 0.203. The molecule has 0 saturated heterocycles. The van der Waals surface area contributed by atoms with Crippen LogP contribution in [0.5, 0.6) is 0 Å². The molecule has 13 heavy (non-hydrogen) atoms. The molecule has 76 valence electrons. The van der Waals surface area contributed by atoms with Crippen LogP contribution in [0.2, 0.25) is 0 Å². The van der Waals surface area contributed by atoms with E-state index in [-0.39, 0.29) is 6.04 Å². The van der Waals surface area contributed by atoms with Crippen molar-refractivity contribution in [1.82, 2.24) is 5.32 Å². The van der Waals surface area contributed by atoms with Crippen LogP contribution in [0.3, 0.4) is 0 Å². The maximum absolute atomic E-state index is 5.33. The van der Waals surface area contributed by atoms with Crippen LogP contribution in [0.4, 0.5) is 0 Å². The first-order valence-electron chi connectivity index (χ1n) is 5.36. The summed E-state index contributed by atoms with van der Waals surface area (Å²) in [6.07, 6.45) is 8.98. The van der Waals surface area contributed by atoms with Crippen LogP contribution in [0.25, 0.3) is 0 Å². The van der Waals surface area contributed by atoms with Crippen LogP contribution in [-0.4, -0.2) is 12.1 Å². The van der Waals surface area contributed by atoms with Gasteiger partial charge in [-0.05, 0) is 25.7 Å². The lowest BCUT2D eigenvalue weighted by atomic mass is 9.97. The highest BCUT2D eigenvalue weighted by Crippen LogP contribution is 2.12. The van der Waals surface area contributed by atoms with Gasteiger partial charge in [-0.25, -0.2) is 0 Å². The summed E-state index contributed by atoms with van der Waals surface area (Å²) >= 11 is 0. The minimum Gasteiger partial charge on any atom is -0.301 e. The van der Waals surface area contributed by atoms with Crippen LogP contribution in [0, 0.1) is 18.3 Å². The third-order valence-corrected chi connectivity index (χ3v) is 2.61. The fraction of sp³-hybridized carbons (Fsp3) is 0.833. The Kier molecular flexibility index (Phi) is 6.72. The Morgan fingerprint density at radius 1 is 1.23 bits per heavy atom. The highest BCUT2D eigenvalue weighted by molar-refractivity contribution is 4.97. The maximum Gasteiger partial charge on any atom is 0.0660 e. The van der Waals surface area contributed by atoms with Crippen LogP contribution in [-0.2, 0) is 0 Å². The Balaban J connectivity index is 3.83. The molecule has 0 radical (unpaired) electrons. The summed E-state index contributed by atoms with van der Waals surface area (Å²) in [5, 5.41) is 3.45. The van der Waals surface area contributed by atoms with E-state index in [2.05, 4.69) is 32.0 Å². The first-order chi connectivity index (χ1) is 6.13. The lowest BCUT2D eigenvalue weighted by Gasteiger charge is -2.22. The SMILES string of the molecule is C#CC(C)NC(CC)CC(C)CC. The molecule has 0 aliphatic carbocycles. The van der Waals surface area contributed by atoms with E-state index < -0.39 is 0 Å². The summed E-state index contributed by atoms with van der Waals surface area (Å²) < 4.78 is 0. The Morgan fingerprint density at radius 3 is 2.23 bits per heavy atom. The van der Waals surface area contributed by atoms with Crippen molar-refractivity contribution in [2.24, 2.45) is 5.92 Å². The second-order valence-corrected chi connectivity index (χ2v) is 3.91. The Bertz CT molecular complexity index is 157. The van der Waals surface area contributed by atoms with Gasteiger partial charge in [0.1, 0.15) is 0 Å². The summed E-state index contributed by atoms with van der Waals surface area (Å²) in [6.45, 7) is 8.79. The zero-order chi connectivity index (χ0) is 10.3. The van der Waals surface area contributed by atoms with Crippen molar-refractivity contribution in [3.05, 3.63) is 0 Å². The van der Waals surface area contributed by atoms with Gasteiger partial charge in [-0.15, -0.1) is 6.42 Å². The van der Waals surface area contributed by atoms with Crippen LogP contribution in [0.15, 0.2) is 0 Å². The lowest BCUT2D eigenvalue weighted by Crippen LogP contribution is -2.36. The second kappa shape index (κ2) is 6.97. The van der Waals surface area contributed by atoms with E-state index in [9.17, 15) is 0 Å². The number of rotatable bonds is 6. The number of hydrogen-bond donors (Lipinski definition) is 1. The average Bonchev–Trinajstić information content (AvgIpc) is 2.16. The second-order valence-electron chi connectivity index (χ2n) is 3.91. The van der Waals surface area contributed by atoms with E-state index in [0.717, 1.165) is 12.3 Å². The quantitative estimate of drug-likeness (QED) is 0.621. The zero-order valence-electron chi connectivity index (χ0n) is 9.43. The molecule has 0 amide bonds. The molecule has 0 saturated carbocycles. The van der Waals surface area contributed by atoms with Gasteiger partial charge in [-0.1, -0.05) is 33.1 Å². The van der Waals surface area contributed by atoms with Crippen molar-refractivity contribution in [2.45, 2.75) is 59.0 Å². The van der Waals surface area contributed by atoms with Gasteiger partial charge in [0.25, 0.3) is 0 Å². The van der Waals surface area contributed by atoms with E-state index in [0.29, 0.717) is 6.04 Å². The summed E-state index contributed by atoms with van der Waals surface area (Å²) in [4.78, 5) is 0. The predicted octanol–water partition coefficient (Wildman–Crippen LogP) is 2.81. The molecule has 0 spiro atoms. The Labute approximate surface area is 83.3 Å². The van der Waals surface area contributed by atoms with E-state index >= 15 is 0 Å². The van der Waals surface area contributed by atoms with Crippen molar-refractivity contribution in [3.63, 3.8) is 0 Å². The Hall–Kier alpha value is -0.480. The third-order valence-electron chi connectivity index (χ3n) is 2.61. The van der Waals surface area contributed by atoms with Crippen molar-refractivity contribution in [3.8, 4) is 12.3 Å². The average molecular weight is 181 g/mol. The van der Waals surface area contributed by atoms with E-state index in [1.54, 1.807) is 0 Å². The van der Waals surface area contributed by atoms with E-state index in [1.807, 2.05) is 6.92 Å². The fourth-order valence-electron chi connectivity index (χ4n) is 1.41. The molecule has 0 heterocycles. The van der Waals surface area contributed by atoms with Gasteiger partial charge in [0, 0.05) is 6.04 Å². The zero-order valence-corrected chi connectivity index (χ0v) is 9.43. The van der Waals surface area contributed by atoms with Gasteiger partial charge in [0.2, 0.25) is 0 Å². The van der Waals surface area contributed by atoms with Gasteiger partial charge >= 0.3 is 0 Å². The van der Waals surface area contributed by atoms with E-state index in [4.69, 9.17) is 6.42 Å². The van der Waals surface area contributed by atoms with Gasteiger partial charge in [0.15, 0.2) is 0 Å². The van der Waals surface area contributed by atoms with Crippen LogP contribution < -0.4 is 5.32 Å². The largest absolute Gasteiger partial charge is 0.301 e. The molecule has 1 heteroatoms. The van der Waals surface area contributed by atoms with E-state index in [1.165, 1.54) is 12.8 Å². The van der Waals surface area contributed by atoms with Gasteiger partial charge in [-0.3, -0.25) is 0 Å². The van der Waals surface area contributed by atoms with Crippen LogP contribution in [0.1, 0.15) is 47.0 Å². The van der Waals surface area contributed by atoms with Gasteiger partial charge in [-0.2, -0.15) is 0 Å². The molecule has 0 aromatic rings. The highest BCUT2D eigenvalue weighted by atomic mass is 14.9. The molecule has 1 N–H and O–H groups in total. The van der Waals surface area contributed by atoms with Crippen molar-refractivity contribution >= 4 is 0 Å². The predicted molar refractivity (Wildman–Crippen MR) is 59.6 cm³/mol. The van der Waals surface area contributed by atoms with Crippen LogP contribution >= 0.6 is 0 Å². The topological polar surface area (TPSA) is 12.0 Å². The first-order valence-corrected chi connectivity index (χ1v) is 5.36. The summed E-state index contributed by atoms with van der Waals surface area (Å²) in [7, 11) is 0. The number of hydrogen-bond acceptors (Lipinski definition) is 1. The monoisotopic (exact) mass is 181 g/mol. The molecule has 0 aromatic heterocycles. The van der Waals surface area contributed by atoms with Crippen molar-refractivity contribution in [1.29, 1.82) is 0 Å². The molecule has 3 atom stereocenters. The molecule has 0 rings (SSSR count). The molecular weight excluding hydrogens is 158 g/mol. The molecule has 0 bridgehead atoms. The normalized spacial score (nSPS) is 17.5. The maximum atomic E-state index is 5.33. The standard InChI is InChI=1S/C12H23N/c1-6-10(4)9-12(8-3)13-11(5)7-2/h2,10-13H,6,8-9H2,1,3-5H3. The molecule has 0 aliphatic rings. The third kappa shape index (κ3) is 5.71. The Morgan fingerprint density at radius 2 is 1.85 bits per heavy atom. The summed E-state index contributed by atoms with van der Waals surface area (Å²) in [6, 6.07) is 0.787. The lowest BCUT2D eigenvalue weighted by molar-refractivity contribution is 0.376. The number of terminal acetylenes is 1. The minimum absolute atomic E-state index is 0.203. The van der Waals surface area contributed by atoms with Crippen molar-refractivity contribution in [2.75, 3.05) is 0 Å². The molecule has 1 nitrogen and oxygen atoms in total. The summed E-state index contributed by atoms with van der Waals surface area (Å²) in [5.41, 5.74) is 0. The first kappa shape index (κ1) is 12.5. The molecule has 0 fully saturated rings. The molecule has 0 aliphatic heterocycles. The summed E-state index contributed by atoms with van der Waals surface area (Å²) in [5.74, 6) is 3.50. The van der Waals surface area contributed by atoms with Gasteiger partial charge < -0.3 is 5.32 Å².